The number of aromatic nitrogens is 3. The molecule has 12 rings (SSSR count). The van der Waals surface area contributed by atoms with Gasteiger partial charge in [-0.3, -0.25) is 4.98 Å². The van der Waals surface area contributed by atoms with E-state index in [1.165, 1.54) is 98.7 Å². The van der Waals surface area contributed by atoms with E-state index in [4.69, 9.17) is 4.98 Å². The fourth-order valence-electron chi connectivity index (χ4n) is 9.02. The first-order valence-electron chi connectivity index (χ1n) is 17.9. The van der Waals surface area contributed by atoms with Crippen LogP contribution in [0, 0.1) is 0 Å². The standard InChI is InChI=1S/C49H29N3/c1-2-11-34(12-3-1)51-43-16-7-6-14-37(43)41-27-32(18-22-44(41)51)33-19-23-45-42(28-33)48-36-13-5-4-9-30(36)17-24-46(48)52(45)35-20-21-39-40(29-35)38-15-8-10-31-25-26-50-49(39)47(31)38/h1-29H. The Morgan fingerprint density at radius 3 is 1.92 bits per heavy atom. The van der Waals surface area contributed by atoms with Crippen LogP contribution in [0.1, 0.15) is 0 Å². The summed E-state index contributed by atoms with van der Waals surface area (Å²) < 4.78 is 4.83. The maximum Gasteiger partial charge on any atom is 0.0792 e. The molecule has 3 heterocycles. The lowest BCUT2D eigenvalue weighted by Crippen LogP contribution is -1.95. The van der Waals surface area contributed by atoms with Gasteiger partial charge in [0.25, 0.3) is 0 Å². The maximum absolute atomic E-state index is 4.83. The SMILES string of the molecule is c1ccc(-n2c3ccccc3c3cc(-c4ccc5c(c4)c4c6ccccc6ccc4n5-c4ccc5c(c4)-c4cccc6ccnc-5c46)ccc32)cc1. The molecule has 0 unspecified atom stereocenters. The third kappa shape index (κ3) is 3.72. The third-order valence-electron chi connectivity index (χ3n) is 11.3. The van der Waals surface area contributed by atoms with Gasteiger partial charge in [0.05, 0.1) is 27.8 Å². The van der Waals surface area contributed by atoms with Crippen molar-refractivity contribution in [3.05, 3.63) is 176 Å². The number of hydrogen-bond donors (Lipinski definition) is 0. The highest BCUT2D eigenvalue weighted by Gasteiger charge is 2.24. The Bertz CT molecular complexity index is 3280. The van der Waals surface area contributed by atoms with Gasteiger partial charge < -0.3 is 9.13 Å². The molecule has 3 nitrogen and oxygen atoms in total. The van der Waals surface area contributed by atoms with E-state index in [1.807, 2.05) is 6.20 Å². The molecule has 0 saturated heterocycles. The molecule has 0 aliphatic heterocycles. The first-order chi connectivity index (χ1) is 25.8. The van der Waals surface area contributed by atoms with Crippen LogP contribution in [-0.2, 0) is 0 Å². The van der Waals surface area contributed by atoms with Crippen molar-refractivity contribution in [2.45, 2.75) is 0 Å². The minimum absolute atomic E-state index is 1.08. The average molecular weight is 660 g/mol. The van der Waals surface area contributed by atoms with Crippen LogP contribution in [-0.4, -0.2) is 14.1 Å². The highest BCUT2D eigenvalue weighted by Crippen LogP contribution is 2.48. The van der Waals surface area contributed by atoms with Gasteiger partial charge in [-0.05, 0) is 105 Å². The van der Waals surface area contributed by atoms with Crippen LogP contribution in [0.15, 0.2) is 176 Å². The van der Waals surface area contributed by atoms with E-state index in [0.717, 1.165) is 11.4 Å². The molecule has 0 amide bonds. The summed E-state index contributed by atoms with van der Waals surface area (Å²) in [5.74, 6) is 0. The molecule has 0 radical (unpaired) electrons. The summed E-state index contributed by atoms with van der Waals surface area (Å²) in [6.45, 7) is 0. The second-order valence-electron chi connectivity index (χ2n) is 14.0. The van der Waals surface area contributed by atoms with Crippen molar-refractivity contribution in [2.75, 3.05) is 0 Å². The largest absolute Gasteiger partial charge is 0.309 e. The lowest BCUT2D eigenvalue weighted by atomic mass is 9.99. The lowest BCUT2D eigenvalue weighted by molar-refractivity contribution is 1.18. The van der Waals surface area contributed by atoms with Crippen molar-refractivity contribution in [1.82, 2.24) is 14.1 Å². The smallest absolute Gasteiger partial charge is 0.0792 e. The predicted molar refractivity (Wildman–Crippen MR) is 218 cm³/mol. The first kappa shape index (κ1) is 27.8. The van der Waals surface area contributed by atoms with E-state index >= 15 is 0 Å². The van der Waals surface area contributed by atoms with Crippen molar-refractivity contribution in [1.29, 1.82) is 0 Å². The summed E-state index contributed by atoms with van der Waals surface area (Å²) in [5, 5.41) is 10.1. The van der Waals surface area contributed by atoms with Gasteiger partial charge in [-0.15, -0.1) is 0 Å². The molecule has 240 valence electrons. The molecule has 0 N–H and O–H groups in total. The molecule has 1 aliphatic rings. The van der Waals surface area contributed by atoms with Crippen molar-refractivity contribution in [3.8, 4) is 44.9 Å². The van der Waals surface area contributed by atoms with Crippen molar-refractivity contribution >= 4 is 65.2 Å². The van der Waals surface area contributed by atoms with Crippen LogP contribution in [0.4, 0.5) is 0 Å². The van der Waals surface area contributed by atoms with E-state index in [2.05, 4.69) is 179 Å². The number of benzene rings is 8. The second-order valence-corrected chi connectivity index (χ2v) is 14.0. The van der Waals surface area contributed by atoms with Crippen molar-refractivity contribution < 1.29 is 0 Å². The van der Waals surface area contributed by atoms with Crippen LogP contribution < -0.4 is 0 Å². The third-order valence-corrected chi connectivity index (χ3v) is 11.3. The van der Waals surface area contributed by atoms with Gasteiger partial charge in [0.2, 0.25) is 0 Å². The van der Waals surface area contributed by atoms with Gasteiger partial charge in [-0.1, -0.05) is 103 Å². The Hall–Kier alpha value is -6.97. The number of fused-ring (bicyclic) bond motifs is 11. The molecule has 3 heteroatoms. The number of hydrogen-bond acceptors (Lipinski definition) is 1. The summed E-state index contributed by atoms with van der Waals surface area (Å²) >= 11 is 0. The van der Waals surface area contributed by atoms with Gasteiger partial charge in [0.1, 0.15) is 0 Å². The van der Waals surface area contributed by atoms with Gasteiger partial charge >= 0.3 is 0 Å². The van der Waals surface area contributed by atoms with Gasteiger partial charge in [-0.25, -0.2) is 0 Å². The average Bonchev–Trinajstić information content (AvgIpc) is 3.84. The summed E-state index contributed by atoms with van der Waals surface area (Å²) in [6.07, 6.45) is 1.93. The van der Waals surface area contributed by atoms with Crippen LogP contribution in [0.2, 0.25) is 0 Å². The zero-order chi connectivity index (χ0) is 33.9. The lowest BCUT2D eigenvalue weighted by Gasteiger charge is -2.11. The normalized spacial score (nSPS) is 12.2. The molecule has 0 fully saturated rings. The Kier molecular flexibility index (Phi) is 5.50. The van der Waals surface area contributed by atoms with Gasteiger partial charge in [0, 0.05) is 50.1 Å². The summed E-state index contributed by atoms with van der Waals surface area (Å²) in [5.41, 5.74) is 14.4. The summed E-state index contributed by atoms with van der Waals surface area (Å²) in [4.78, 5) is 4.83. The Labute approximate surface area is 299 Å². The second kappa shape index (κ2) is 10.3. The number of pyridine rings is 1. The highest BCUT2D eigenvalue weighted by molar-refractivity contribution is 6.22. The maximum atomic E-state index is 4.83. The van der Waals surface area contributed by atoms with Crippen LogP contribution in [0.5, 0.6) is 0 Å². The predicted octanol–water partition coefficient (Wildman–Crippen LogP) is 12.9. The summed E-state index contributed by atoms with van der Waals surface area (Å²) in [6, 6.07) is 62.3. The summed E-state index contributed by atoms with van der Waals surface area (Å²) in [7, 11) is 0. The van der Waals surface area contributed by atoms with Crippen molar-refractivity contribution in [3.63, 3.8) is 0 Å². The van der Waals surface area contributed by atoms with Gasteiger partial charge in [0.15, 0.2) is 0 Å². The Balaban J connectivity index is 1.10. The molecule has 3 aromatic heterocycles. The Morgan fingerprint density at radius 2 is 1.04 bits per heavy atom. The molecule has 1 aliphatic carbocycles. The van der Waals surface area contributed by atoms with Crippen LogP contribution >= 0.6 is 0 Å². The number of rotatable bonds is 3. The zero-order valence-electron chi connectivity index (χ0n) is 28.1. The van der Waals surface area contributed by atoms with Crippen LogP contribution in [0.25, 0.3) is 110 Å². The van der Waals surface area contributed by atoms with Crippen molar-refractivity contribution in [2.24, 2.45) is 0 Å². The molecular weight excluding hydrogens is 631 g/mol. The fourth-order valence-corrected chi connectivity index (χ4v) is 9.02. The molecule has 0 spiro atoms. The van der Waals surface area contributed by atoms with E-state index in [0.29, 0.717) is 0 Å². The molecular formula is C49H29N3. The molecule has 0 bridgehead atoms. The fraction of sp³-hybridized carbons (Fsp3) is 0. The zero-order valence-corrected chi connectivity index (χ0v) is 28.1. The van der Waals surface area contributed by atoms with E-state index in [9.17, 15) is 0 Å². The Morgan fingerprint density at radius 1 is 0.346 bits per heavy atom. The molecule has 52 heavy (non-hydrogen) atoms. The monoisotopic (exact) mass is 659 g/mol. The van der Waals surface area contributed by atoms with Gasteiger partial charge in [-0.2, -0.15) is 0 Å². The first-order valence-corrected chi connectivity index (χ1v) is 17.9. The number of para-hydroxylation sites is 2. The van der Waals surface area contributed by atoms with E-state index in [1.54, 1.807) is 0 Å². The van der Waals surface area contributed by atoms with E-state index < -0.39 is 0 Å². The molecule has 0 atom stereocenters. The minimum atomic E-state index is 1.08. The topological polar surface area (TPSA) is 22.8 Å². The molecule has 0 saturated carbocycles. The molecule has 8 aromatic carbocycles. The molecule has 11 aromatic rings. The quantitative estimate of drug-likeness (QED) is 0.185. The highest BCUT2D eigenvalue weighted by atomic mass is 15.0. The van der Waals surface area contributed by atoms with Crippen LogP contribution in [0.3, 0.4) is 0 Å². The van der Waals surface area contributed by atoms with E-state index in [-0.39, 0.29) is 0 Å². The number of nitrogens with zero attached hydrogens (tertiary/aromatic N) is 3. The minimum Gasteiger partial charge on any atom is -0.309 e.